The lowest BCUT2D eigenvalue weighted by Crippen LogP contribution is -2.57. The smallest absolute Gasteiger partial charge is 0.312 e. The van der Waals surface area contributed by atoms with Gasteiger partial charge < -0.3 is 30.7 Å². The van der Waals surface area contributed by atoms with Crippen molar-refractivity contribution in [1.29, 1.82) is 0 Å². The minimum absolute atomic E-state index is 0.0312. The number of imide groups is 1. The fourth-order valence-corrected chi connectivity index (χ4v) is 3.96. The Morgan fingerprint density at radius 1 is 0.722 bits per heavy atom. The number of nitrogens with one attached hydrogen (secondary N) is 3. The second-order valence-electron chi connectivity index (χ2n) is 8.53. The first-order valence-corrected chi connectivity index (χ1v) is 11.9. The van der Waals surface area contributed by atoms with Crippen molar-refractivity contribution in [2.45, 2.75) is 12.8 Å². The molecule has 0 aromatic rings. The van der Waals surface area contributed by atoms with Crippen molar-refractivity contribution in [3.8, 4) is 0 Å². The normalized spacial score (nSPS) is 17.9. The Bertz CT molecular complexity index is 919. The summed E-state index contributed by atoms with van der Waals surface area (Å²) in [6.45, 7) is 2.79. The lowest BCUT2D eigenvalue weighted by Gasteiger charge is -2.36. The second-order valence-corrected chi connectivity index (χ2v) is 8.53. The third-order valence-electron chi connectivity index (χ3n) is 6.08. The van der Waals surface area contributed by atoms with Crippen LogP contribution in [-0.2, 0) is 33.6 Å². The number of hydrogen-bond donors (Lipinski definition) is 3. The van der Waals surface area contributed by atoms with Gasteiger partial charge in [-0.1, -0.05) is 0 Å². The number of amides is 7. The SMILES string of the molecule is O=C(CCCN1C(=O)C=CC1=O)[15NH][13CH2][13C](=O)N[13CH2][13C](=O)[15N]1[13CH2][13CH2][15N](C(=O)C(=O)[15N]2[13CH2][13CH2][15NH][13CH2][13CH2]2)[13CH2][13CH2]1. The molecule has 3 N–H and O–H groups in total. The Balaban J connectivity index is 1.27. The van der Waals surface area contributed by atoms with Crippen molar-refractivity contribution in [3.63, 3.8) is 0 Å². The highest BCUT2D eigenvalue weighted by atomic mass is 16.4. The van der Waals surface area contributed by atoms with Crippen LogP contribution in [0.1, 0.15) is 12.8 Å². The molecule has 14 heteroatoms. The highest BCUT2D eigenvalue weighted by molar-refractivity contribution is 6.35. The Kier molecular flexibility index (Phi) is 9.50. The maximum Gasteiger partial charge on any atom is 0.312 e. The molecular formula is C22H31N7O7. The quantitative estimate of drug-likeness (QED) is 0.126. The molecule has 3 heterocycles. The summed E-state index contributed by atoms with van der Waals surface area (Å²) in [7, 11) is 0. The van der Waals surface area contributed by atoms with Crippen LogP contribution in [0.15, 0.2) is 12.2 Å². The van der Waals surface area contributed by atoms with Crippen molar-refractivity contribution in [2.75, 3.05) is 72.0 Å². The van der Waals surface area contributed by atoms with Crippen LogP contribution >= 0.6 is 0 Å². The zero-order chi connectivity index (χ0) is 26.1. The molecule has 196 valence electrons. The van der Waals surface area contributed by atoms with Crippen LogP contribution in [-0.4, -0.2) is 133 Å². The minimum atomic E-state index is -0.566. The molecule has 3 rings (SSSR count). The summed E-state index contributed by atoms with van der Waals surface area (Å²) in [5, 5.41) is 7.99. The van der Waals surface area contributed by atoms with E-state index in [9.17, 15) is 33.6 Å². The number of carbonyl (C=O) groups is 7. The van der Waals surface area contributed by atoms with Crippen molar-refractivity contribution in [3.05, 3.63) is 12.2 Å². The van der Waals surface area contributed by atoms with Gasteiger partial charge in [0.25, 0.3) is 11.8 Å². The van der Waals surface area contributed by atoms with Gasteiger partial charge in [-0.3, -0.25) is 38.5 Å². The van der Waals surface area contributed by atoms with Gasteiger partial charge in [-0.05, 0) is 6.42 Å². The molecule has 0 atom stereocenters. The highest BCUT2D eigenvalue weighted by Gasteiger charge is 2.31. The fourth-order valence-electron chi connectivity index (χ4n) is 3.96. The van der Waals surface area contributed by atoms with Crippen LogP contribution in [0.4, 0.5) is 0 Å². The molecule has 0 aromatic carbocycles. The predicted molar refractivity (Wildman–Crippen MR) is 124 cm³/mol. The molecule has 0 aliphatic carbocycles. The van der Waals surface area contributed by atoms with Crippen LogP contribution in [0.25, 0.3) is 0 Å². The molecule has 0 saturated carbocycles. The van der Waals surface area contributed by atoms with Gasteiger partial charge in [0, 0.05) is 77.5 Å². The molecule has 2 saturated heterocycles. The van der Waals surface area contributed by atoms with Crippen LogP contribution in [0, 0.1) is 0 Å². The van der Waals surface area contributed by atoms with Gasteiger partial charge in [-0.15, -0.1) is 0 Å². The van der Waals surface area contributed by atoms with E-state index in [4.69, 9.17) is 0 Å². The Morgan fingerprint density at radius 2 is 1.25 bits per heavy atom. The lowest BCUT2D eigenvalue weighted by molar-refractivity contribution is -0.154. The number of carbonyl (C=O) groups excluding carboxylic acids is 7. The average Bonchev–Trinajstić information content (AvgIpc) is 3.22. The molecule has 14 nitrogen and oxygen atoms in total. The van der Waals surface area contributed by atoms with E-state index in [0.29, 0.717) is 26.2 Å². The summed E-state index contributed by atoms with van der Waals surface area (Å²) < 4.78 is 0. The number of piperazine rings is 2. The monoisotopic (exact) mass is 522 g/mol. The molecule has 0 bridgehead atoms. The maximum absolute atomic E-state index is 12.5. The summed E-state index contributed by atoms with van der Waals surface area (Å²) in [4.78, 5) is 89.5. The molecule has 3 aliphatic rings. The van der Waals surface area contributed by atoms with Crippen molar-refractivity contribution in [1.82, 2.24) is 35.6 Å². The van der Waals surface area contributed by atoms with Gasteiger partial charge in [0.2, 0.25) is 17.7 Å². The summed E-state index contributed by atoms with van der Waals surface area (Å²) in [6.07, 6.45) is 2.63. The lowest BCUT2D eigenvalue weighted by atomic mass is 10.3. The summed E-state index contributed by atoms with van der Waals surface area (Å²) in [6, 6.07) is 0. The van der Waals surface area contributed by atoms with Gasteiger partial charge in [0.05, 0.1) is 13.1 Å². The van der Waals surface area contributed by atoms with Crippen molar-refractivity contribution in [2.24, 2.45) is 0 Å². The molecule has 2 fully saturated rings. The van der Waals surface area contributed by atoms with Crippen molar-refractivity contribution >= 4 is 41.4 Å². The van der Waals surface area contributed by atoms with Crippen LogP contribution in [0.5, 0.6) is 0 Å². The van der Waals surface area contributed by atoms with E-state index in [2.05, 4.69) is 16.0 Å². The minimum Gasteiger partial charge on any atom is -0.347 e. The molecule has 0 unspecified atom stereocenters. The summed E-state index contributed by atoms with van der Waals surface area (Å²) in [5.41, 5.74) is 0. The van der Waals surface area contributed by atoms with Crippen LogP contribution in [0.2, 0.25) is 0 Å². The highest BCUT2D eigenvalue weighted by Crippen LogP contribution is 2.06. The van der Waals surface area contributed by atoms with E-state index in [0.717, 1.165) is 4.90 Å². The van der Waals surface area contributed by atoms with Crippen molar-refractivity contribution < 1.29 is 33.6 Å². The zero-order valence-electron chi connectivity index (χ0n) is 20.0. The maximum atomic E-state index is 12.5. The number of hydrogen-bond acceptors (Lipinski definition) is 8. The Hall–Kier alpha value is -3.81. The molecule has 3 aliphatic heterocycles. The standard InChI is InChI=1S/C22H31N7O7/c30-16(2-1-7-29-18(32)3-4-19(29)33)24-14-17(31)25-15-20(34)26-10-12-28(13-11-26)22(36)21(35)27-8-5-23-6-9-27/h3-4,23H,1-2,5-15H2,(H,24,30)(H,25,31)/i5+1,6+1,8+1,9+1,10+1,11+1,12+1,13+1,14+1,15+1,17+1,20+1,23+1,24+1,26+1,27+1,28+1. The topological polar surface area (TPSA) is 169 Å². The van der Waals surface area contributed by atoms with Gasteiger partial charge >= 0.3 is 11.8 Å². The van der Waals surface area contributed by atoms with Gasteiger partial charge in [-0.2, -0.15) is 0 Å². The van der Waals surface area contributed by atoms with E-state index in [1.165, 1.54) is 26.9 Å². The molecule has 0 spiro atoms. The van der Waals surface area contributed by atoms with Gasteiger partial charge in [-0.25, -0.2) is 0 Å². The largest absolute Gasteiger partial charge is 0.347 e. The first kappa shape index (κ1) is 26.8. The first-order chi connectivity index (χ1) is 17.3. The Morgan fingerprint density at radius 3 is 1.86 bits per heavy atom. The van der Waals surface area contributed by atoms with Crippen LogP contribution in [0.3, 0.4) is 0 Å². The van der Waals surface area contributed by atoms with E-state index in [1.54, 1.807) is 0 Å². The summed E-state index contributed by atoms with van der Waals surface area (Å²) >= 11 is 0. The number of rotatable bonds is 8. The third kappa shape index (κ3) is 7.34. The Labute approximate surface area is 208 Å². The van der Waals surface area contributed by atoms with E-state index in [-0.39, 0.29) is 64.6 Å². The van der Waals surface area contributed by atoms with E-state index in [1.807, 2.05) is 0 Å². The van der Waals surface area contributed by atoms with E-state index < -0.39 is 35.4 Å². The third-order valence-corrected chi connectivity index (χ3v) is 6.08. The molecular weight excluding hydrogens is 491 g/mol. The van der Waals surface area contributed by atoms with Crippen LogP contribution < -0.4 is 16.0 Å². The summed E-state index contributed by atoms with van der Waals surface area (Å²) in [5.74, 6) is -3.21. The van der Waals surface area contributed by atoms with Gasteiger partial charge in [0.1, 0.15) is 0 Å². The molecule has 7 amide bonds. The fraction of sp³-hybridized carbons (Fsp3) is 0.591. The first-order valence-electron chi connectivity index (χ1n) is 11.9. The van der Waals surface area contributed by atoms with Gasteiger partial charge in [0.15, 0.2) is 0 Å². The molecule has 0 radical (unpaired) electrons. The number of nitrogens with zero attached hydrogens (tertiary/aromatic N) is 4. The zero-order valence-corrected chi connectivity index (χ0v) is 20.0. The van der Waals surface area contributed by atoms with E-state index >= 15 is 0 Å². The second kappa shape index (κ2) is 12.8. The molecule has 0 aromatic heterocycles. The molecule has 36 heavy (non-hydrogen) atoms. The average molecular weight is 522 g/mol. The predicted octanol–water partition coefficient (Wildman–Crippen LogP) is -3.97.